The normalized spacial score (nSPS) is 14.4. The molecule has 0 saturated heterocycles. The smallest absolute Gasteiger partial charge is 0.242 e. The van der Waals surface area contributed by atoms with Gasteiger partial charge in [0.2, 0.25) is 11.8 Å². The van der Waals surface area contributed by atoms with E-state index < -0.39 is 18.1 Å². The predicted octanol–water partition coefficient (Wildman–Crippen LogP) is 0.554. The fourth-order valence-electron chi connectivity index (χ4n) is 1.80. The second-order valence-corrected chi connectivity index (χ2v) is 4.40. The number of aliphatic hydroxyl groups is 1. The van der Waals surface area contributed by atoms with Crippen LogP contribution in [0.25, 0.3) is 0 Å². The molecule has 0 bridgehead atoms. The Balaban J connectivity index is 4.50. The van der Waals surface area contributed by atoms with Crippen LogP contribution in [-0.2, 0) is 9.59 Å². The number of amides is 2. The lowest BCUT2D eigenvalue weighted by Crippen LogP contribution is -2.52. The monoisotopic (exact) mass is 244 g/mol. The van der Waals surface area contributed by atoms with Gasteiger partial charge < -0.3 is 16.2 Å². The van der Waals surface area contributed by atoms with Gasteiger partial charge in [-0.25, -0.2) is 0 Å². The molecule has 0 radical (unpaired) electrons. The highest BCUT2D eigenvalue weighted by molar-refractivity contribution is 5.87. The van der Waals surface area contributed by atoms with Crippen molar-refractivity contribution in [2.75, 3.05) is 0 Å². The summed E-state index contributed by atoms with van der Waals surface area (Å²) < 4.78 is 0. The van der Waals surface area contributed by atoms with E-state index in [4.69, 9.17) is 5.73 Å². The number of hydrogen-bond acceptors (Lipinski definition) is 3. The number of carbonyl (C=O) groups is 2. The third-order valence-corrected chi connectivity index (χ3v) is 2.73. The lowest BCUT2D eigenvalue weighted by Gasteiger charge is -2.22. The van der Waals surface area contributed by atoms with Crippen LogP contribution in [0.15, 0.2) is 0 Å². The molecule has 0 aliphatic heterocycles. The van der Waals surface area contributed by atoms with Gasteiger partial charge in [0.05, 0.1) is 6.10 Å². The predicted molar refractivity (Wildman–Crippen MR) is 66.1 cm³/mol. The zero-order valence-electron chi connectivity index (χ0n) is 10.9. The fraction of sp³-hybridized carbons (Fsp3) is 0.833. The zero-order valence-corrected chi connectivity index (χ0v) is 10.9. The average molecular weight is 244 g/mol. The zero-order chi connectivity index (χ0) is 13.4. The Morgan fingerprint density at radius 2 is 1.71 bits per heavy atom. The SMILES string of the molecule is CCCC(CCC)C(=O)NC(C(N)=O)C(C)O. The molecule has 0 aromatic carbocycles. The van der Waals surface area contributed by atoms with Gasteiger partial charge in [0.25, 0.3) is 0 Å². The van der Waals surface area contributed by atoms with Gasteiger partial charge in [-0.1, -0.05) is 26.7 Å². The summed E-state index contributed by atoms with van der Waals surface area (Å²) in [6.07, 6.45) is 2.41. The molecule has 2 unspecified atom stereocenters. The molecule has 2 atom stereocenters. The van der Waals surface area contributed by atoms with Crippen molar-refractivity contribution >= 4 is 11.8 Å². The van der Waals surface area contributed by atoms with Crippen molar-refractivity contribution < 1.29 is 14.7 Å². The molecule has 0 rings (SSSR count). The van der Waals surface area contributed by atoms with Crippen molar-refractivity contribution in [1.29, 1.82) is 0 Å². The molecule has 0 heterocycles. The van der Waals surface area contributed by atoms with E-state index in [1.807, 2.05) is 13.8 Å². The van der Waals surface area contributed by atoms with Crippen LogP contribution in [0, 0.1) is 5.92 Å². The Labute approximate surface area is 103 Å². The Morgan fingerprint density at radius 3 is 2.00 bits per heavy atom. The van der Waals surface area contributed by atoms with Crippen molar-refractivity contribution in [3.8, 4) is 0 Å². The second-order valence-electron chi connectivity index (χ2n) is 4.40. The molecule has 5 nitrogen and oxygen atoms in total. The highest BCUT2D eigenvalue weighted by Gasteiger charge is 2.26. The first-order valence-corrected chi connectivity index (χ1v) is 6.21. The molecular formula is C12H24N2O3. The molecule has 0 aromatic heterocycles. The highest BCUT2D eigenvalue weighted by atomic mass is 16.3. The van der Waals surface area contributed by atoms with Gasteiger partial charge in [-0.3, -0.25) is 9.59 Å². The van der Waals surface area contributed by atoms with Crippen molar-refractivity contribution in [1.82, 2.24) is 5.32 Å². The molecule has 5 heteroatoms. The molecule has 100 valence electrons. The van der Waals surface area contributed by atoms with E-state index in [0.717, 1.165) is 25.7 Å². The quantitative estimate of drug-likeness (QED) is 0.582. The van der Waals surface area contributed by atoms with Crippen LogP contribution in [0.1, 0.15) is 46.5 Å². The number of nitrogens with one attached hydrogen (secondary N) is 1. The van der Waals surface area contributed by atoms with E-state index in [9.17, 15) is 14.7 Å². The Bertz CT molecular complexity index is 248. The molecular weight excluding hydrogens is 220 g/mol. The van der Waals surface area contributed by atoms with Crippen LogP contribution in [0.3, 0.4) is 0 Å². The summed E-state index contributed by atoms with van der Waals surface area (Å²) in [5, 5.41) is 11.9. The van der Waals surface area contributed by atoms with Crippen LogP contribution >= 0.6 is 0 Å². The van der Waals surface area contributed by atoms with Gasteiger partial charge in [-0.2, -0.15) is 0 Å². The molecule has 4 N–H and O–H groups in total. The number of aliphatic hydroxyl groups excluding tert-OH is 1. The van der Waals surface area contributed by atoms with Crippen LogP contribution in [0.2, 0.25) is 0 Å². The molecule has 0 spiro atoms. The molecule has 0 aliphatic rings. The Kier molecular flexibility index (Phi) is 7.54. The molecule has 2 amide bonds. The molecule has 0 fully saturated rings. The minimum Gasteiger partial charge on any atom is -0.391 e. The summed E-state index contributed by atoms with van der Waals surface area (Å²) in [4.78, 5) is 23.0. The highest BCUT2D eigenvalue weighted by Crippen LogP contribution is 2.14. The number of carbonyl (C=O) groups excluding carboxylic acids is 2. The van der Waals surface area contributed by atoms with Crippen molar-refractivity contribution in [3.05, 3.63) is 0 Å². The van der Waals surface area contributed by atoms with Gasteiger partial charge in [0, 0.05) is 5.92 Å². The van der Waals surface area contributed by atoms with Crippen LogP contribution in [0.5, 0.6) is 0 Å². The number of rotatable bonds is 8. The second kappa shape index (κ2) is 8.06. The average Bonchev–Trinajstić information content (AvgIpc) is 2.24. The minimum atomic E-state index is -1.00. The number of hydrogen-bond donors (Lipinski definition) is 3. The first-order chi connectivity index (χ1) is 7.93. The van der Waals surface area contributed by atoms with E-state index in [1.165, 1.54) is 6.92 Å². The van der Waals surface area contributed by atoms with Crippen LogP contribution < -0.4 is 11.1 Å². The summed E-state index contributed by atoms with van der Waals surface area (Å²) >= 11 is 0. The summed E-state index contributed by atoms with van der Waals surface area (Å²) in [6, 6.07) is -1.00. The summed E-state index contributed by atoms with van der Waals surface area (Å²) in [7, 11) is 0. The van der Waals surface area contributed by atoms with Gasteiger partial charge in [-0.05, 0) is 19.8 Å². The van der Waals surface area contributed by atoms with E-state index in [1.54, 1.807) is 0 Å². The molecule has 0 aromatic rings. The summed E-state index contributed by atoms with van der Waals surface area (Å²) in [5.41, 5.74) is 5.12. The molecule has 0 aliphatic carbocycles. The van der Waals surface area contributed by atoms with Crippen molar-refractivity contribution in [2.45, 2.75) is 58.6 Å². The molecule has 0 saturated carbocycles. The first kappa shape index (κ1) is 15.9. The lowest BCUT2D eigenvalue weighted by atomic mass is 9.96. The number of primary amides is 1. The summed E-state index contributed by atoms with van der Waals surface area (Å²) in [5.74, 6) is -1.01. The van der Waals surface area contributed by atoms with E-state index >= 15 is 0 Å². The lowest BCUT2D eigenvalue weighted by molar-refractivity contribution is -0.132. The van der Waals surface area contributed by atoms with Crippen molar-refractivity contribution in [2.24, 2.45) is 11.7 Å². The largest absolute Gasteiger partial charge is 0.391 e. The van der Waals surface area contributed by atoms with Crippen molar-refractivity contribution in [3.63, 3.8) is 0 Å². The maximum Gasteiger partial charge on any atom is 0.242 e. The van der Waals surface area contributed by atoms with Gasteiger partial charge in [0.1, 0.15) is 6.04 Å². The van der Waals surface area contributed by atoms with E-state index in [2.05, 4.69) is 5.32 Å². The number of nitrogens with two attached hydrogens (primary N) is 1. The topological polar surface area (TPSA) is 92.4 Å². The van der Waals surface area contributed by atoms with Crippen LogP contribution in [0.4, 0.5) is 0 Å². The van der Waals surface area contributed by atoms with Gasteiger partial charge in [0.15, 0.2) is 0 Å². The third-order valence-electron chi connectivity index (χ3n) is 2.73. The van der Waals surface area contributed by atoms with Gasteiger partial charge >= 0.3 is 0 Å². The third kappa shape index (κ3) is 5.68. The maximum atomic E-state index is 11.9. The Hall–Kier alpha value is -1.10. The Morgan fingerprint density at radius 1 is 1.24 bits per heavy atom. The first-order valence-electron chi connectivity index (χ1n) is 6.21. The van der Waals surface area contributed by atoms with Crippen LogP contribution in [-0.4, -0.2) is 29.1 Å². The summed E-state index contributed by atoms with van der Waals surface area (Å²) in [6.45, 7) is 5.46. The molecule has 17 heavy (non-hydrogen) atoms. The van der Waals surface area contributed by atoms with E-state index in [-0.39, 0.29) is 11.8 Å². The standard InChI is InChI=1S/C12H24N2O3/c1-4-6-9(7-5-2)12(17)14-10(8(3)15)11(13)16/h8-10,15H,4-7H2,1-3H3,(H2,13,16)(H,14,17). The van der Waals surface area contributed by atoms with Gasteiger partial charge in [-0.15, -0.1) is 0 Å². The maximum absolute atomic E-state index is 11.9. The minimum absolute atomic E-state index is 0.106. The fourth-order valence-corrected chi connectivity index (χ4v) is 1.80. The van der Waals surface area contributed by atoms with E-state index in [0.29, 0.717) is 0 Å².